The Kier molecular flexibility index (Phi) is 2.08. The van der Waals surface area contributed by atoms with Gasteiger partial charge in [-0.25, -0.2) is 0 Å². The first kappa shape index (κ1) is 7.72. The van der Waals surface area contributed by atoms with Crippen LogP contribution in [0.2, 0.25) is 0 Å². The van der Waals surface area contributed by atoms with Crippen LogP contribution < -0.4 is 5.32 Å². The van der Waals surface area contributed by atoms with Gasteiger partial charge in [0.25, 0.3) is 0 Å². The second kappa shape index (κ2) is 2.70. The molecule has 0 aromatic carbocycles. The Morgan fingerprint density at radius 2 is 1.60 bits per heavy atom. The van der Waals surface area contributed by atoms with Gasteiger partial charge in [0.2, 0.25) is 5.92 Å². The van der Waals surface area contributed by atoms with Crippen molar-refractivity contribution in [2.45, 2.75) is 19.0 Å². The zero-order valence-electron chi connectivity index (χ0n) is 5.46. The Labute approximate surface area is 57.6 Å². The van der Waals surface area contributed by atoms with Gasteiger partial charge in [-0.3, -0.25) is 0 Å². The van der Waals surface area contributed by atoms with E-state index in [1.54, 1.807) is 0 Å². The number of rotatable bonds is 0. The van der Waals surface area contributed by atoms with Gasteiger partial charge in [-0.15, -0.1) is 13.2 Å². The van der Waals surface area contributed by atoms with Gasteiger partial charge in [0.05, 0.1) is 0 Å². The summed E-state index contributed by atoms with van der Waals surface area (Å²) < 4.78 is 35.6. The minimum atomic E-state index is -4.05. The van der Waals surface area contributed by atoms with Gasteiger partial charge >= 0.3 is 6.18 Å². The minimum absolute atomic E-state index is 0.156. The lowest BCUT2D eigenvalue weighted by Crippen LogP contribution is -2.33. The summed E-state index contributed by atoms with van der Waals surface area (Å²) in [6.45, 7) is 0.934. The third kappa shape index (κ3) is 1.80. The van der Waals surface area contributed by atoms with E-state index in [0.717, 1.165) is 0 Å². The lowest BCUT2D eigenvalue weighted by atomic mass is 9.98. The molecule has 10 heavy (non-hydrogen) atoms. The Balaban J connectivity index is 2.39. The highest BCUT2D eigenvalue weighted by Gasteiger charge is 2.52. The number of piperidine rings is 1. The molecule has 0 spiro atoms. The molecular formula is C6H9F3N+. The van der Waals surface area contributed by atoms with Crippen molar-refractivity contribution in [1.29, 1.82) is 0 Å². The maximum absolute atomic E-state index is 11.9. The first-order valence-electron chi connectivity index (χ1n) is 3.23. The average molecular weight is 152 g/mol. The SMILES string of the molecule is FC(F)(F)[C+]1CCNCC1. The highest BCUT2D eigenvalue weighted by Crippen LogP contribution is 2.33. The van der Waals surface area contributed by atoms with E-state index in [9.17, 15) is 13.2 Å². The topological polar surface area (TPSA) is 12.0 Å². The number of nitrogens with one attached hydrogen (secondary N) is 1. The summed E-state index contributed by atoms with van der Waals surface area (Å²) in [4.78, 5) is 0. The van der Waals surface area contributed by atoms with Gasteiger partial charge in [0.1, 0.15) is 12.8 Å². The van der Waals surface area contributed by atoms with E-state index >= 15 is 0 Å². The van der Waals surface area contributed by atoms with Crippen molar-refractivity contribution in [2.75, 3.05) is 13.1 Å². The van der Waals surface area contributed by atoms with E-state index in [0.29, 0.717) is 13.1 Å². The predicted molar refractivity (Wildman–Crippen MR) is 31.4 cm³/mol. The molecule has 0 amide bonds. The number of hydrogen-bond donors (Lipinski definition) is 1. The molecule has 1 fully saturated rings. The summed E-state index contributed by atoms with van der Waals surface area (Å²) in [5.74, 6) is -0.272. The molecule has 0 aliphatic carbocycles. The standard InChI is InChI=1S/C6H9F3N/c7-6(8,9)5-1-3-10-4-2-5/h10H,1-4H2/q+1. The summed E-state index contributed by atoms with van der Waals surface area (Å²) in [6, 6.07) is 0. The lowest BCUT2D eigenvalue weighted by Gasteiger charge is -2.14. The predicted octanol–water partition coefficient (Wildman–Crippen LogP) is 1.51. The molecule has 58 valence electrons. The highest BCUT2D eigenvalue weighted by molar-refractivity contribution is 5.00. The van der Waals surface area contributed by atoms with Crippen LogP contribution in [0.1, 0.15) is 12.8 Å². The Bertz CT molecular complexity index is 104. The van der Waals surface area contributed by atoms with Crippen LogP contribution in [0.15, 0.2) is 0 Å². The van der Waals surface area contributed by atoms with E-state index in [2.05, 4.69) is 5.32 Å². The van der Waals surface area contributed by atoms with Crippen molar-refractivity contribution in [3.8, 4) is 0 Å². The van der Waals surface area contributed by atoms with Gasteiger partial charge in [-0.1, -0.05) is 0 Å². The van der Waals surface area contributed by atoms with Gasteiger partial charge in [0.15, 0.2) is 0 Å². The van der Waals surface area contributed by atoms with Crippen LogP contribution in [0.25, 0.3) is 0 Å². The zero-order valence-corrected chi connectivity index (χ0v) is 5.46. The Hall–Kier alpha value is -0.380. The van der Waals surface area contributed by atoms with Crippen LogP contribution in [-0.4, -0.2) is 19.3 Å². The quantitative estimate of drug-likeness (QED) is 0.519. The molecule has 1 nitrogen and oxygen atoms in total. The van der Waals surface area contributed by atoms with E-state index in [1.165, 1.54) is 0 Å². The van der Waals surface area contributed by atoms with Crippen LogP contribution in [-0.2, 0) is 0 Å². The summed E-state index contributed by atoms with van der Waals surface area (Å²) in [5, 5.41) is 2.87. The van der Waals surface area contributed by atoms with Crippen molar-refractivity contribution < 1.29 is 13.2 Å². The molecule has 0 saturated carbocycles. The van der Waals surface area contributed by atoms with Crippen LogP contribution in [0.4, 0.5) is 13.2 Å². The Morgan fingerprint density at radius 3 is 1.90 bits per heavy atom. The van der Waals surface area contributed by atoms with Crippen molar-refractivity contribution >= 4 is 0 Å². The fourth-order valence-electron chi connectivity index (χ4n) is 1.01. The van der Waals surface area contributed by atoms with Crippen molar-refractivity contribution in [2.24, 2.45) is 0 Å². The molecular weight excluding hydrogens is 143 g/mol. The second-order valence-electron chi connectivity index (χ2n) is 2.35. The molecule has 0 unspecified atom stereocenters. The monoisotopic (exact) mass is 152 g/mol. The fourth-order valence-corrected chi connectivity index (χ4v) is 1.01. The van der Waals surface area contributed by atoms with Crippen LogP contribution in [0.3, 0.4) is 0 Å². The molecule has 1 N–H and O–H groups in total. The first-order valence-corrected chi connectivity index (χ1v) is 3.23. The van der Waals surface area contributed by atoms with Gasteiger partial charge in [-0.2, -0.15) is 0 Å². The molecule has 0 aromatic heterocycles. The second-order valence-corrected chi connectivity index (χ2v) is 2.35. The van der Waals surface area contributed by atoms with E-state index in [1.807, 2.05) is 0 Å². The van der Waals surface area contributed by atoms with Crippen molar-refractivity contribution in [1.82, 2.24) is 5.32 Å². The highest BCUT2D eigenvalue weighted by atomic mass is 19.4. The maximum atomic E-state index is 11.9. The zero-order chi connectivity index (χ0) is 7.61. The normalized spacial score (nSPS) is 21.3. The third-order valence-corrected chi connectivity index (χ3v) is 1.61. The van der Waals surface area contributed by atoms with E-state index in [4.69, 9.17) is 0 Å². The molecule has 1 aliphatic heterocycles. The lowest BCUT2D eigenvalue weighted by molar-refractivity contribution is -0.120. The third-order valence-electron chi connectivity index (χ3n) is 1.61. The molecule has 1 heterocycles. The average Bonchev–Trinajstić information content (AvgIpc) is 1.88. The summed E-state index contributed by atoms with van der Waals surface area (Å²) in [5.41, 5.74) is 0. The van der Waals surface area contributed by atoms with Crippen LogP contribution in [0.5, 0.6) is 0 Å². The van der Waals surface area contributed by atoms with Crippen molar-refractivity contribution in [3.05, 3.63) is 5.92 Å². The number of alkyl halides is 3. The molecule has 0 atom stereocenters. The van der Waals surface area contributed by atoms with Gasteiger partial charge in [-0.05, 0) is 0 Å². The van der Waals surface area contributed by atoms with Crippen molar-refractivity contribution in [3.63, 3.8) is 0 Å². The fraction of sp³-hybridized carbons (Fsp3) is 0.833. The molecule has 0 bridgehead atoms. The summed E-state index contributed by atoms with van der Waals surface area (Å²) in [7, 11) is 0. The molecule has 1 rings (SSSR count). The summed E-state index contributed by atoms with van der Waals surface area (Å²) in [6.07, 6.45) is -3.74. The molecule has 1 aliphatic rings. The molecule has 0 aromatic rings. The maximum Gasteiger partial charge on any atom is 0.551 e. The molecule has 1 saturated heterocycles. The largest absolute Gasteiger partial charge is 0.551 e. The van der Waals surface area contributed by atoms with Crippen LogP contribution >= 0.6 is 0 Å². The number of halogens is 3. The smallest absolute Gasteiger partial charge is 0.308 e. The molecule has 0 radical (unpaired) electrons. The summed E-state index contributed by atoms with van der Waals surface area (Å²) >= 11 is 0. The van der Waals surface area contributed by atoms with E-state index in [-0.39, 0.29) is 18.8 Å². The Morgan fingerprint density at radius 1 is 1.10 bits per heavy atom. The minimum Gasteiger partial charge on any atom is -0.308 e. The van der Waals surface area contributed by atoms with Gasteiger partial charge < -0.3 is 5.32 Å². The number of hydrogen-bond acceptors (Lipinski definition) is 1. The first-order chi connectivity index (χ1) is 4.61. The van der Waals surface area contributed by atoms with E-state index < -0.39 is 6.18 Å². The molecule has 4 heteroatoms. The van der Waals surface area contributed by atoms with Gasteiger partial charge in [0, 0.05) is 13.1 Å². The van der Waals surface area contributed by atoms with Crippen LogP contribution in [0, 0.1) is 5.92 Å².